The third kappa shape index (κ3) is 2.87. The lowest BCUT2D eigenvalue weighted by Gasteiger charge is -2.21. The molecule has 0 saturated heterocycles. The number of hydrogen-bond donors (Lipinski definition) is 1. The fraction of sp³-hybridized carbons (Fsp3) is 0.538. The molecule has 2 aromatic heterocycles. The molecule has 0 spiro atoms. The second-order valence-electron chi connectivity index (χ2n) is 5.01. The first-order valence-corrected chi connectivity index (χ1v) is 7.57. The van der Waals surface area contributed by atoms with Gasteiger partial charge in [-0.05, 0) is 30.9 Å². The van der Waals surface area contributed by atoms with Crippen LogP contribution in [0.4, 0.5) is 0 Å². The number of hydrogen-bond acceptors (Lipinski definition) is 5. The third-order valence-corrected chi connectivity index (χ3v) is 4.30. The van der Waals surface area contributed by atoms with Gasteiger partial charge in [-0.1, -0.05) is 0 Å². The van der Waals surface area contributed by atoms with E-state index in [9.17, 15) is 4.79 Å². The quantitative estimate of drug-likeness (QED) is 0.911. The maximum atomic E-state index is 12.2. The third-order valence-electron chi connectivity index (χ3n) is 3.50. The van der Waals surface area contributed by atoms with E-state index < -0.39 is 0 Å². The maximum Gasteiger partial charge on any atom is 0.225 e. The van der Waals surface area contributed by atoms with Crippen LogP contribution in [0.15, 0.2) is 12.3 Å². The summed E-state index contributed by atoms with van der Waals surface area (Å²) in [4.78, 5) is 17.7. The number of nitrogens with zero attached hydrogens (tertiary/aromatic N) is 4. The second kappa shape index (κ2) is 5.70. The van der Waals surface area contributed by atoms with Crippen molar-refractivity contribution in [2.45, 2.75) is 32.7 Å². The molecule has 1 aliphatic rings. The first-order valence-electron chi connectivity index (χ1n) is 6.80. The van der Waals surface area contributed by atoms with Gasteiger partial charge in [0, 0.05) is 30.5 Å². The standard InChI is InChI=1S/C13H17N5OS/c1-9-16-12-3-2-10(8-18(12)17-9)13(19)14-6-4-11-5-7-15-20-11/h5,7,10H,2-4,6,8H2,1H3,(H,14,19). The van der Waals surface area contributed by atoms with E-state index in [-0.39, 0.29) is 11.8 Å². The highest BCUT2D eigenvalue weighted by Crippen LogP contribution is 2.18. The molecule has 20 heavy (non-hydrogen) atoms. The lowest BCUT2D eigenvalue weighted by atomic mass is 9.99. The predicted octanol–water partition coefficient (Wildman–Crippen LogP) is 0.964. The Morgan fingerprint density at radius 2 is 2.50 bits per heavy atom. The summed E-state index contributed by atoms with van der Waals surface area (Å²) in [7, 11) is 0. The molecule has 3 heterocycles. The lowest BCUT2D eigenvalue weighted by Crippen LogP contribution is -2.37. The van der Waals surface area contributed by atoms with Crippen LogP contribution in [0.5, 0.6) is 0 Å². The van der Waals surface area contributed by atoms with Gasteiger partial charge in [0.1, 0.15) is 11.6 Å². The lowest BCUT2D eigenvalue weighted by molar-refractivity contribution is -0.126. The Kier molecular flexibility index (Phi) is 3.77. The Morgan fingerprint density at radius 1 is 1.60 bits per heavy atom. The van der Waals surface area contributed by atoms with Crippen LogP contribution in [0.2, 0.25) is 0 Å². The van der Waals surface area contributed by atoms with Crippen molar-refractivity contribution in [3.63, 3.8) is 0 Å². The molecule has 0 bridgehead atoms. The first kappa shape index (κ1) is 13.2. The monoisotopic (exact) mass is 291 g/mol. The molecule has 0 fully saturated rings. The molecule has 1 amide bonds. The van der Waals surface area contributed by atoms with Crippen molar-refractivity contribution in [3.05, 3.63) is 28.8 Å². The molecule has 1 N–H and O–H groups in total. The highest BCUT2D eigenvalue weighted by molar-refractivity contribution is 7.05. The molecule has 0 saturated carbocycles. The normalized spacial score (nSPS) is 17.8. The van der Waals surface area contributed by atoms with Gasteiger partial charge in [0.2, 0.25) is 5.91 Å². The molecule has 0 aromatic carbocycles. The molecule has 0 radical (unpaired) electrons. The molecule has 7 heteroatoms. The van der Waals surface area contributed by atoms with Crippen LogP contribution in [-0.4, -0.2) is 31.6 Å². The van der Waals surface area contributed by atoms with Gasteiger partial charge in [0.15, 0.2) is 0 Å². The van der Waals surface area contributed by atoms with Gasteiger partial charge in [-0.3, -0.25) is 4.79 Å². The topological polar surface area (TPSA) is 72.7 Å². The number of fused-ring (bicyclic) bond motifs is 1. The highest BCUT2D eigenvalue weighted by atomic mass is 32.1. The number of nitrogens with one attached hydrogen (secondary N) is 1. The van der Waals surface area contributed by atoms with Crippen LogP contribution in [0.3, 0.4) is 0 Å². The van der Waals surface area contributed by atoms with Crippen LogP contribution in [0, 0.1) is 12.8 Å². The van der Waals surface area contributed by atoms with Gasteiger partial charge in [0.05, 0.1) is 12.5 Å². The molecule has 1 aliphatic heterocycles. The average molecular weight is 291 g/mol. The van der Waals surface area contributed by atoms with E-state index in [4.69, 9.17) is 0 Å². The summed E-state index contributed by atoms with van der Waals surface area (Å²) in [5.74, 6) is 1.90. The van der Waals surface area contributed by atoms with E-state index in [2.05, 4.69) is 19.8 Å². The molecular formula is C13H17N5OS. The predicted molar refractivity (Wildman–Crippen MR) is 75.4 cm³/mol. The number of aryl methyl sites for hydroxylation is 2. The summed E-state index contributed by atoms with van der Waals surface area (Å²) in [5, 5.41) is 7.33. The zero-order valence-electron chi connectivity index (χ0n) is 11.4. The van der Waals surface area contributed by atoms with Gasteiger partial charge in [-0.2, -0.15) is 5.10 Å². The van der Waals surface area contributed by atoms with Crippen LogP contribution in [-0.2, 0) is 24.2 Å². The fourth-order valence-corrected chi connectivity index (χ4v) is 3.04. The summed E-state index contributed by atoms with van der Waals surface area (Å²) < 4.78 is 5.91. The molecule has 1 atom stereocenters. The molecule has 3 rings (SSSR count). The summed E-state index contributed by atoms with van der Waals surface area (Å²) in [5.41, 5.74) is 0. The minimum absolute atomic E-state index is 0.00469. The van der Waals surface area contributed by atoms with E-state index in [0.717, 1.165) is 30.9 Å². The van der Waals surface area contributed by atoms with Gasteiger partial charge in [-0.25, -0.2) is 14.0 Å². The van der Waals surface area contributed by atoms with Crippen molar-refractivity contribution in [1.29, 1.82) is 0 Å². The molecule has 106 valence electrons. The Hall–Kier alpha value is -1.76. The van der Waals surface area contributed by atoms with Crippen LogP contribution in [0.25, 0.3) is 0 Å². The zero-order valence-corrected chi connectivity index (χ0v) is 12.2. The Labute approximate surface area is 121 Å². The SMILES string of the molecule is Cc1nc2n(n1)CC(C(=O)NCCc1ccns1)CC2. The Morgan fingerprint density at radius 3 is 3.30 bits per heavy atom. The number of carbonyl (C=O) groups excluding carboxylic acids is 1. The van der Waals surface area contributed by atoms with Crippen molar-refractivity contribution in [2.75, 3.05) is 6.54 Å². The first-order chi connectivity index (χ1) is 9.72. The van der Waals surface area contributed by atoms with E-state index in [1.165, 1.54) is 16.4 Å². The van der Waals surface area contributed by atoms with E-state index >= 15 is 0 Å². The van der Waals surface area contributed by atoms with Crippen LogP contribution < -0.4 is 5.32 Å². The summed E-state index contributed by atoms with van der Waals surface area (Å²) in [6.45, 7) is 3.19. The number of rotatable bonds is 4. The largest absolute Gasteiger partial charge is 0.355 e. The van der Waals surface area contributed by atoms with E-state index in [0.29, 0.717) is 13.1 Å². The number of aromatic nitrogens is 4. The van der Waals surface area contributed by atoms with Crippen molar-refractivity contribution in [3.8, 4) is 0 Å². The summed E-state index contributed by atoms with van der Waals surface area (Å²) in [6.07, 6.45) is 4.31. The van der Waals surface area contributed by atoms with Crippen molar-refractivity contribution in [1.82, 2.24) is 24.5 Å². The summed E-state index contributed by atoms with van der Waals surface area (Å²) >= 11 is 1.48. The average Bonchev–Trinajstić information content (AvgIpc) is 3.05. The van der Waals surface area contributed by atoms with Gasteiger partial charge in [0.25, 0.3) is 0 Å². The van der Waals surface area contributed by atoms with Crippen LogP contribution in [0.1, 0.15) is 22.9 Å². The number of carbonyl (C=O) groups is 1. The second-order valence-corrected chi connectivity index (χ2v) is 5.93. The Balaban J connectivity index is 1.51. The summed E-state index contributed by atoms with van der Waals surface area (Å²) in [6, 6.07) is 1.99. The van der Waals surface area contributed by atoms with E-state index in [1.54, 1.807) is 6.20 Å². The zero-order chi connectivity index (χ0) is 13.9. The van der Waals surface area contributed by atoms with Crippen molar-refractivity contribution >= 4 is 17.4 Å². The number of amides is 1. The Bertz CT molecular complexity index is 592. The van der Waals surface area contributed by atoms with E-state index in [1.807, 2.05) is 17.7 Å². The maximum absolute atomic E-state index is 12.2. The molecular weight excluding hydrogens is 274 g/mol. The van der Waals surface area contributed by atoms with Crippen LogP contribution >= 0.6 is 11.5 Å². The minimum atomic E-state index is 0.00469. The molecule has 6 nitrogen and oxygen atoms in total. The fourth-order valence-electron chi connectivity index (χ4n) is 2.47. The molecule has 1 unspecified atom stereocenters. The minimum Gasteiger partial charge on any atom is -0.355 e. The van der Waals surface area contributed by atoms with Crippen molar-refractivity contribution < 1.29 is 4.79 Å². The van der Waals surface area contributed by atoms with Gasteiger partial charge in [-0.15, -0.1) is 0 Å². The highest BCUT2D eigenvalue weighted by Gasteiger charge is 2.26. The molecule has 2 aromatic rings. The van der Waals surface area contributed by atoms with Crippen molar-refractivity contribution in [2.24, 2.45) is 5.92 Å². The molecule has 0 aliphatic carbocycles. The van der Waals surface area contributed by atoms with Gasteiger partial charge < -0.3 is 5.32 Å². The van der Waals surface area contributed by atoms with Gasteiger partial charge >= 0.3 is 0 Å². The smallest absolute Gasteiger partial charge is 0.225 e.